The van der Waals surface area contributed by atoms with Gasteiger partial charge >= 0.3 is 0 Å². The first-order valence-electron chi connectivity index (χ1n) is 10.5. The van der Waals surface area contributed by atoms with Crippen molar-refractivity contribution in [1.82, 2.24) is 15.0 Å². The number of benzene rings is 2. The maximum absolute atomic E-state index is 14.0. The number of nitro benzene ring substituents is 1. The van der Waals surface area contributed by atoms with Crippen LogP contribution >= 0.6 is 0 Å². The summed E-state index contributed by atoms with van der Waals surface area (Å²) in [6, 6.07) is 9.21. The number of halogens is 1. The van der Waals surface area contributed by atoms with Gasteiger partial charge in [-0.3, -0.25) is 10.1 Å². The molecule has 0 atom stereocenters. The smallest absolute Gasteiger partial charge is 0.270 e. The molecule has 0 amide bonds. The van der Waals surface area contributed by atoms with Crippen molar-refractivity contribution in [3.05, 3.63) is 69.0 Å². The van der Waals surface area contributed by atoms with Gasteiger partial charge in [0.2, 0.25) is 17.8 Å². The number of anilines is 4. The molecular weight excluding hydrogens is 443 g/mol. The molecule has 0 radical (unpaired) electrons. The van der Waals surface area contributed by atoms with Crippen molar-refractivity contribution in [3.8, 4) is 0 Å². The Labute approximate surface area is 194 Å². The highest BCUT2D eigenvalue weighted by Gasteiger charge is 2.17. The highest BCUT2D eigenvalue weighted by atomic mass is 19.1. The van der Waals surface area contributed by atoms with Gasteiger partial charge in [0.05, 0.1) is 24.4 Å². The van der Waals surface area contributed by atoms with Crippen molar-refractivity contribution in [3.63, 3.8) is 0 Å². The summed E-state index contributed by atoms with van der Waals surface area (Å²) in [4.78, 5) is 25.7. The first kappa shape index (κ1) is 23.0. The van der Waals surface area contributed by atoms with E-state index in [1.165, 1.54) is 0 Å². The highest BCUT2D eigenvalue weighted by Crippen LogP contribution is 2.22. The van der Waals surface area contributed by atoms with Crippen LogP contribution < -0.4 is 15.6 Å². The second-order valence-corrected chi connectivity index (χ2v) is 7.66. The fourth-order valence-corrected chi connectivity index (χ4v) is 3.27. The normalized spacial score (nSPS) is 13.8. The van der Waals surface area contributed by atoms with Crippen LogP contribution in [0, 0.1) is 29.8 Å². The summed E-state index contributed by atoms with van der Waals surface area (Å²) in [6.07, 6.45) is 1.14. The molecule has 2 heterocycles. The van der Waals surface area contributed by atoms with Gasteiger partial charge in [0, 0.05) is 36.5 Å². The molecule has 34 heavy (non-hydrogen) atoms. The van der Waals surface area contributed by atoms with E-state index in [9.17, 15) is 14.5 Å². The molecule has 11 nitrogen and oxygen atoms in total. The molecule has 1 aliphatic heterocycles. The Bertz CT molecular complexity index is 1230. The average molecular weight is 466 g/mol. The molecule has 3 aromatic rings. The zero-order chi connectivity index (χ0) is 24.1. The minimum Gasteiger partial charge on any atom is -0.378 e. The number of aromatic nitrogens is 3. The lowest BCUT2D eigenvalue weighted by atomic mass is 10.1. The van der Waals surface area contributed by atoms with Gasteiger partial charge in [-0.1, -0.05) is 12.1 Å². The van der Waals surface area contributed by atoms with E-state index in [1.54, 1.807) is 0 Å². The second-order valence-electron chi connectivity index (χ2n) is 7.66. The number of nitrogens with one attached hydrogen (secondary N) is 2. The molecule has 0 bridgehead atoms. The van der Waals surface area contributed by atoms with Gasteiger partial charge in [0.25, 0.3) is 5.69 Å². The van der Waals surface area contributed by atoms with Crippen LogP contribution in [0.5, 0.6) is 0 Å². The molecule has 0 unspecified atom stereocenters. The number of rotatable bonds is 7. The van der Waals surface area contributed by atoms with Crippen LogP contribution in [-0.2, 0) is 4.74 Å². The van der Waals surface area contributed by atoms with Crippen LogP contribution in [0.3, 0.4) is 0 Å². The van der Waals surface area contributed by atoms with Crippen LogP contribution in [0.4, 0.5) is 33.6 Å². The number of non-ortho nitro benzene ring substituents is 1. The standard InChI is InChI=1S/C22H23FN8O3/c1-14-3-4-15(2)19(11-14)25-20-26-21(28-22(27-20)30-7-9-34-10-8-30)29-24-13-16-12-17(31(32)33)5-6-18(16)23/h3-6,11-13H,7-10H2,1-2H3,(H2,25,26,27,28,29)/b24-13-. The molecule has 1 aromatic heterocycles. The fourth-order valence-electron chi connectivity index (χ4n) is 3.27. The number of hydrogen-bond donors (Lipinski definition) is 2. The van der Waals surface area contributed by atoms with Gasteiger partial charge in [-0.15, -0.1) is 0 Å². The van der Waals surface area contributed by atoms with Gasteiger partial charge in [-0.2, -0.15) is 20.1 Å². The summed E-state index contributed by atoms with van der Waals surface area (Å²) in [5.74, 6) is 0.235. The van der Waals surface area contributed by atoms with Crippen molar-refractivity contribution in [2.45, 2.75) is 13.8 Å². The zero-order valence-electron chi connectivity index (χ0n) is 18.7. The third-order valence-electron chi connectivity index (χ3n) is 5.12. The van der Waals surface area contributed by atoms with Crippen molar-refractivity contribution >= 4 is 35.4 Å². The van der Waals surface area contributed by atoms with Crippen LogP contribution in [0.1, 0.15) is 16.7 Å². The van der Waals surface area contributed by atoms with Crippen LogP contribution in [0.2, 0.25) is 0 Å². The Balaban J connectivity index is 1.61. The Kier molecular flexibility index (Phi) is 6.87. The molecule has 176 valence electrons. The van der Waals surface area contributed by atoms with Gasteiger partial charge in [-0.25, -0.2) is 9.82 Å². The predicted octanol–water partition coefficient (Wildman–Crippen LogP) is 3.56. The molecular formula is C22H23FN8O3. The number of hydrogen-bond acceptors (Lipinski definition) is 10. The van der Waals surface area contributed by atoms with E-state index in [4.69, 9.17) is 4.74 Å². The van der Waals surface area contributed by atoms with Gasteiger partial charge in [-0.05, 0) is 37.1 Å². The summed E-state index contributed by atoms with van der Waals surface area (Å²) < 4.78 is 19.4. The topological polar surface area (TPSA) is 131 Å². The first-order valence-corrected chi connectivity index (χ1v) is 10.5. The monoisotopic (exact) mass is 466 g/mol. The van der Waals surface area contributed by atoms with E-state index in [-0.39, 0.29) is 17.2 Å². The van der Waals surface area contributed by atoms with Gasteiger partial charge < -0.3 is 15.0 Å². The maximum atomic E-state index is 14.0. The number of aryl methyl sites for hydroxylation is 2. The molecule has 4 rings (SSSR count). The van der Waals surface area contributed by atoms with Crippen molar-refractivity contribution in [2.24, 2.45) is 5.10 Å². The largest absolute Gasteiger partial charge is 0.378 e. The number of nitrogens with zero attached hydrogens (tertiary/aromatic N) is 6. The molecule has 12 heteroatoms. The third kappa shape index (κ3) is 5.59. The van der Waals surface area contributed by atoms with Crippen molar-refractivity contribution in [1.29, 1.82) is 0 Å². The second kappa shape index (κ2) is 10.2. The van der Waals surface area contributed by atoms with E-state index in [0.717, 1.165) is 41.2 Å². The third-order valence-corrected chi connectivity index (χ3v) is 5.12. The minimum atomic E-state index is -0.641. The summed E-state index contributed by atoms with van der Waals surface area (Å²) in [6.45, 7) is 6.31. The highest BCUT2D eigenvalue weighted by molar-refractivity contribution is 5.81. The lowest BCUT2D eigenvalue weighted by molar-refractivity contribution is -0.384. The number of morpholine rings is 1. The fraction of sp³-hybridized carbons (Fsp3) is 0.273. The van der Waals surface area contributed by atoms with E-state index in [2.05, 4.69) is 30.8 Å². The average Bonchev–Trinajstić information content (AvgIpc) is 2.83. The zero-order valence-corrected chi connectivity index (χ0v) is 18.7. The minimum absolute atomic E-state index is 0.0436. The molecule has 1 saturated heterocycles. The summed E-state index contributed by atoms with van der Waals surface area (Å²) in [5.41, 5.74) is 5.35. The SMILES string of the molecule is Cc1ccc(C)c(Nc2nc(N/N=C\c3cc([N+](=O)[O-])ccc3F)nc(N3CCOCC3)n2)c1. The quantitative estimate of drug-likeness (QED) is 0.305. The maximum Gasteiger partial charge on any atom is 0.270 e. The lowest BCUT2D eigenvalue weighted by Crippen LogP contribution is -2.37. The summed E-state index contributed by atoms with van der Waals surface area (Å²) >= 11 is 0. The molecule has 1 aliphatic rings. The van der Waals surface area contributed by atoms with E-state index in [0.29, 0.717) is 38.2 Å². The Morgan fingerprint density at radius 2 is 1.88 bits per heavy atom. The number of nitro groups is 1. The molecule has 1 fully saturated rings. The van der Waals surface area contributed by atoms with E-state index >= 15 is 0 Å². The number of hydrazone groups is 1. The van der Waals surface area contributed by atoms with Crippen LogP contribution in [0.25, 0.3) is 0 Å². The molecule has 2 aromatic carbocycles. The van der Waals surface area contributed by atoms with Gasteiger partial charge in [0.1, 0.15) is 5.82 Å². The Morgan fingerprint density at radius 3 is 2.65 bits per heavy atom. The Hall–Kier alpha value is -4.19. The van der Waals surface area contributed by atoms with E-state index < -0.39 is 10.7 Å². The lowest BCUT2D eigenvalue weighted by Gasteiger charge is -2.27. The predicted molar refractivity (Wildman–Crippen MR) is 126 cm³/mol. The first-order chi connectivity index (χ1) is 16.4. The van der Waals surface area contributed by atoms with E-state index in [1.807, 2.05) is 36.9 Å². The molecule has 2 N–H and O–H groups in total. The Morgan fingerprint density at radius 1 is 1.12 bits per heavy atom. The van der Waals surface area contributed by atoms with Gasteiger partial charge in [0.15, 0.2) is 0 Å². The molecule has 0 saturated carbocycles. The van der Waals surface area contributed by atoms with Crippen molar-refractivity contribution < 1.29 is 14.1 Å². The molecule has 0 aliphatic carbocycles. The number of ether oxygens (including phenoxy) is 1. The molecule has 0 spiro atoms. The van der Waals surface area contributed by atoms with Crippen LogP contribution in [0.15, 0.2) is 41.5 Å². The summed E-state index contributed by atoms with van der Waals surface area (Å²) in [7, 11) is 0. The summed E-state index contributed by atoms with van der Waals surface area (Å²) in [5, 5.41) is 18.2. The van der Waals surface area contributed by atoms with Crippen molar-refractivity contribution in [2.75, 3.05) is 41.9 Å². The van der Waals surface area contributed by atoms with Crippen LogP contribution in [-0.4, -0.2) is 52.4 Å².